The van der Waals surface area contributed by atoms with Crippen LogP contribution in [-0.2, 0) is 5.41 Å². The van der Waals surface area contributed by atoms with Crippen LogP contribution in [0, 0.1) is 5.82 Å². The summed E-state index contributed by atoms with van der Waals surface area (Å²) in [7, 11) is 0. The standard InChI is InChI=1S/C17H18FNO/c1-17(2,3)13-6-4-12(5-7-13)16(20)19-15-10-8-14(18)9-11-15/h4-11H,1-3H3,(H,19,20). The van der Waals surface area contributed by atoms with E-state index in [9.17, 15) is 9.18 Å². The summed E-state index contributed by atoms with van der Waals surface area (Å²) in [5.41, 5.74) is 2.40. The second-order valence-electron chi connectivity index (χ2n) is 5.79. The molecule has 0 spiro atoms. The van der Waals surface area contributed by atoms with E-state index in [0.29, 0.717) is 11.3 Å². The van der Waals surface area contributed by atoms with E-state index in [0.717, 1.165) is 0 Å². The summed E-state index contributed by atoms with van der Waals surface area (Å²) >= 11 is 0. The van der Waals surface area contributed by atoms with Crippen LogP contribution in [0.3, 0.4) is 0 Å². The van der Waals surface area contributed by atoms with Crippen molar-refractivity contribution in [2.24, 2.45) is 0 Å². The highest BCUT2D eigenvalue weighted by Gasteiger charge is 2.14. The van der Waals surface area contributed by atoms with Crippen LogP contribution in [-0.4, -0.2) is 5.91 Å². The minimum absolute atomic E-state index is 0.0615. The first-order valence-electron chi connectivity index (χ1n) is 6.54. The molecule has 0 aliphatic carbocycles. The van der Waals surface area contributed by atoms with Crippen molar-refractivity contribution >= 4 is 11.6 Å². The van der Waals surface area contributed by atoms with Crippen molar-refractivity contribution in [1.29, 1.82) is 0 Å². The maximum absolute atomic E-state index is 12.8. The van der Waals surface area contributed by atoms with Crippen molar-refractivity contribution in [2.75, 3.05) is 5.32 Å². The number of amides is 1. The first-order valence-corrected chi connectivity index (χ1v) is 6.54. The molecule has 0 aromatic heterocycles. The molecule has 0 heterocycles. The third-order valence-corrected chi connectivity index (χ3v) is 3.12. The third kappa shape index (κ3) is 3.44. The highest BCUT2D eigenvalue weighted by atomic mass is 19.1. The van der Waals surface area contributed by atoms with Gasteiger partial charge in [0, 0.05) is 11.3 Å². The molecule has 0 atom stereocenters. The SMILES string of the molecule is CC(C)(C)c1ccc(C(=O)Nc2ccc(F)cc2)cc1. The van der Waals surface area contributed by atoms with Gasteiger partial charge >= 0.3 is 0 Å². The van der Waals surface area contributed by atoms with E-state index >= 15 is 0 Å². The Hall–Kier alpha value is -2.16. The zero-order valence-electron chi connectivity index (χ0n) is 11.9. The van der Waals surface area contributed by atoms with Gasteiger partial charge in [0.05, 0.1) is 0 Å². The van der Waals surface area contributed by atoms with E-state index in [1.54, 1.807) is 12.1 Å². The molecule has 0 bridgehead atoms. The quantitative estimate of drug-likeness (QED) is 0.863. The van der Waals surface area contributed by atoms with Crippen LogP contribution in [0.25, 0.3) is 0 Å². The van der Waals surface area contributed by atoms with E-state index < -0.39 is 0 Å². The van der Waals surface area contributed by atoms with Gasteiger partial charge in [-0.3, -0.25) is 4.79 Å². The molecule has 0 aliphatic heterocycles. The van der Waals surface area contributed by atoms with Crippen molar-refractivity contribution in [1.82, 2.24) is 0 Å². The molecule has 20 heavy (non-hydrogen) atoms. The second kappa shape index (κ2) is 5.45. The summed E-state index contributed by atoms with van der Waals surface area (Å²) in [4.78, 5) is 12.1. The number of anilines is 1. The largest absolute Gasteiger partial charge is 0.322 e. The van der Waals surface area contributed by atoms with Crippen LogP contribution >= 0.6 is 0 Å². The number of carbonyl (C=O) groups excluding carboxylic acids is 1. The summed E-state index contributed by atoms with van der Waals surface area (Å²) in [5.74, 6) is -0.519. The monoisotopic (exact) mass is 271 g/mol. The lowest BCUT2D eigenvalue weighted by Crippen LogP contribution is -2.14. The van der Waals surface area contributed by atoms with Crippen molar-refractivity contribution in [2.45, 2.75) is 26.2 Å². The minimum Gasteiger partial charge on any atom is -0.322 e. The Balaban J connectivity index is 2.11. The fourth-order valence-corrected chi connectivity index (χ4v) is 1.86. The van der Waals surface area contributed by atoms with Crippen molar-refractivity contribution in [3.05, 3.63) is 65.5 Å². The van der Waals surface area contributed by atoms with Gasteiger partial charge in [0.25, 0.3) is 5.91 Å². The fraction of sp³-hybridized carbons (Fsp3) is 0.235. The molecule has 1 N–H and O–H groups in total. The minimum atomic E-state index is -0.322. The Morgan fingerprint density at radius 3 is 2.00 bits per heavy atom. The van der Waals surface area contributed by atoms with Gasteiger partial charge in [0.15, 0.2) is 0 Å². The highest BCUT2D eigenvalue weighted by Crippen LogP contribution is 2.22. The molecule has 2 nitrogen and oxygen atoms in total. The highest BCUT2D eigenvalue weighted by molar-refractivity contribution is 6.04. The van der Waals surface area contributed by atoms with Gasteiger partial charge < -0.3 is 5.32 Å². The summed E-state index contributed by atoms with van der Waals surface area (Å²) in [6, 6.07) is 13.2. The van der Waals surface area contributed by atoms with Crippen LogP contribution in [0.5, 0.6) is 0 Å². The molecule has 2 aromatic carbocycles. The summed E-state index contributed by atoms with van der Waals surface area (Å²) in [6.07, 6.45) is 0. The predicted octanol–water partition coefficient (Wildman–Crippen LogP) is 4.38. The summed E-state index contributed by atoms with van der Waals surface area (Å²) in [6.45, 7) is 6.38. The first-order chi connectivity index (χ1) is 9.36. The molecule has 0 fully saturated rings. The van der Waals surface area contributed by atoms with E-state index in [1.807, 2.05) is 12.1 Å². The van der Waals surface area contributed by atoms with Crippen LogP contribution < -0.4 is 5.32 Å². The molecule has 3 heteroatoms. The predicted molar refractivity (Wildman–Crippen MR) is 79.5 cm³/mol. The zero-order chi connectivity index (χ0) is 14.8. The maximum Gasteiger partial charge on any atom is 0.255 e. The molecule has 104 valence electrons. The maximum atomic E-state index is 12.8. The molecule has 0 radical (unpaired) electrons. The lowest BCUT2D eigenvalue weighted by molar-refractivity contribution is 0.102. The number of benzene rings is 2. The normalized spacial score (nSPS) is 11.2. The molecule has 2 rings (SSSR count). The van der Waals surface area contributed by atoms with Crippen LogP contribution in [0.2, 0.25) is 0 Å². The molecule has 0 aliphatic rings. The molecule has 0 saturated carbocycles. The Morgan fingerprint density at radius 2 is 1.50 bits per heavy atom. The number of halogens is 1. The van der Waals surface area contributed by atoms with Gasteiger partial charge in [-0.05, 0) is 47.4 Å². The molecule has 0 unspecified atom stereocenters. The van der Waals surface area contributed by atoms with E-state index in [-0.39, 0.29) is 17.1 Å². The number of hydrogen-bond acceptors (Lipinski definition) is 1. The van der Waals surface area contributed by atoms with Crippen molar-refractivity contribution in [3.63, 3.8) is 0 Å². The topological polar surface area (TPSA) is 29.1 Å². The molecular formula is C17H18FNO. The van der Waals surface area contributed by atoms with Gasteiger partial charge in [-0.2, -0.15) is 0 Å². The van der Waals surface area contributed by atoms with Crippen molar-refractivity contribution < 1.29 is 9.18 Å². The number of rotatable bonds is 2. The number of nitrogens with one attached hydrogen (secondary N) is 1. The summed E-state index contributed by atoms with van der Waals surface area (Å²) in [5, 5.41) is 2.74. The van der Waals surface area contributed by atoms with Crippen LogP contribution in [0.1, 0.15) is 36.7 Å². The van der Waals surface area contributed by atoms with E-state index in [2.05, 4.69) is 26.1 Å². The number of carbonyl (C=O) groups is 1. The second-order valence-corrected chi connectivity index (χ2v) is 5.79. The smallest absolute Gasteiger partial charge is 0.255 e. The van der Waals surface area contributed by atoms with Gasteiger partial charge in [-0.1, -0.05) is 32.9 Å². The molecule has 1 amide bonds. The number of hydrogen-bond donors (Lipinski definition) is 1. The molecular weight excluding hydrogens is 253 g/mol. The average molecular weight is 271 g/mol. The van der Waals surface area contributed by atoms with Gasteiger partial charge in [-0.25, -0.2) is 4.39 Å². The molecule has 0 saturated heterocycles. The fourth-order valence-electron chi connectivity index (χ4n) is 1.86. The average Bonchev–Trinajstić information content (AvgIpc) is 2.40. The van der Waals surface area contributed by atoms with Gasteiger partial charge in [0.2, 0.25) is 0 Å². The zero-order valence-corrected chi connectivity index (χ0v) is 11.9. The third-order valence-electron chi connectivity index (χ3n) is 3.12. The van der Waals surface area contributed by atoms with E-state index in [4.69, 9.17) is 0 Å². The lowest BCUT2D eigenvalue weighted by Gasteiger charge is -2.19. The Bertz CT molecular complexity index is 594. The molecule has 2 aromatic rings. The Kier molecular flexibility index (Phi) is 3.89. The van der Waals surface area contributed by atoms with Gasteiger partial charge in [-0.15, -0.1) is 0 Å². The summed E-state index contributed by atoms with van der Waals surface area (Å²) < 4.78 is 12.8. The van der Waals surface area contributed by atoms with Crippen LogP contribution in [0.4, 0.5) is 10.1 Å². The van der Waals surface area contributed by atoms with E-state index in [1.165, 1.54) is 29.8 Å². The van der Waals surface area contributed by atoms with Gasteiger partial charge in [0.1, 0.15) is 5.82 Å². The Labute approximate surface area is 118 Å². The first kappa shape index (κ1) is 14.3. The Morgan fingerprint density at radius 1 is 0.950 bits per heavy atom. The van der Waals surface area contributed by atoms with Crippen molar-refractivity contribution in [3.8, 4) is 0 Å². The lowest BCUT2D eigenvalue weighted by atomic mass is 9.87. The van der Waals surface area contributed by atoms with Crippen LogP contribution in [0.15, 0.2) is 48.5 Å².